The van der Waals surface area contributed by atoms with Crippen LogP contribution in [0.15, 0.2) is 0 Å². The molecular formula is C8H11N3. The summed E-state index contributed by atoms with van der Waals surface area (Å²) in [6.45, 7) is 2.43. The molecule has 0 aromatic carbocycles. The monoisotopic (exact) mass is 149 g/mol. The van der Waals surface area contributed by atoms with E-state index in [-0.39, 0.29) is 0 Å². The Morgan fingerprint density at radius 2 is 2.18 bits per heavy atom. The molecule has 1 aliphatic rings. The van der Waals surface area contributed by atoms with Gasteiger partial charge >= 0.3 is 0 Å². The summed E-state index contributed by atoms with van der Waals surface area (Å²) in [4.78, 5) is 2.10. The van der Waals surface area contributed by atoms with Gasteiger partial charge in [-0.05, 0) is 18.9 Å². The highest BCUT2D eigenvalue weighted by molar-refractivity contribution is 4.87. The van der Waals surface area contributed by atoms with E-state index in [0.717, 1.165) is 19.5 Å². The number of nitrogens with zero attached hydrogens (tertiary/aromatic N) is 3. The topological polar surface area (TPSA) is 50.8 Å². The molecule has 1 fully saturated rings. The van der Waals surface area contributed by atoms with Crippen molar-refractivity contribution in [2.75, 3.05) is 19.6 Å². The SMILES string of the molecule is N#CCC1CCN(CC#N)C1. The maximum Gasteiger partial charge on any atom is 0.0866 e. The first-order valence-corrected chi connectivity index (χ1v) is 3.83. The molecule has 1 aliphatic heterocycles. The second kappa shape index (κ2) is 3.95. The summed E-state index contributed by atoms with van der Waals surface area (Å²) in [7, 11) is 0. The molecule has 0 bridgehead atoms. The number of nitriles is 2. The zero-order valence-corrected chi connectivity index (χ0v) is 6.45. The van der Waals surface area contributed by atoms with Crippen LogP contribution in [0.2, 0.25) is 0 Å². The predicted molar refractivity (Wildman–Crippen MR) is 40.4 cm³/mol. The first kappa shape index (κ1) is 8.04. The molecule has 0 spiro atoms. The van der Waals surface area contributed by atoms with Gasteiger partial charge in [-0.1, -0.05) is 0 Å². The van der Waals surface area contributed by atoms with Crippen molar-refractivity contribution >= 4 is 0 Å². The summed E-state index contributed by atoms with van der Waals surface area (Å²) in [5.74, 6) is 0.508. The third-order valence-electron chi connectivity index (χ3n) is 2.04. The van der Waals surface area contributed by atoms with Gasteiger partial charge in [-0.2, -0.15) is 10.5 Å². The van der Waals surface area contributed by atoms with Crippen molar-refractivity contribution in [3.63, 3.8) is 0 Å². The molecule has 0 N–H and O–H groups in total. The number of hydrogen-bond donors (Lipinski definition) is 0. The Labute approximate surface area is 66.8 Å². The molecule has 3 nitrogen and oxygen atoms in total. The zero-order chi connectivity index (χ0) is 8.10. The highest BCUT2D eigenvalue weighted by Crippen LogP contribution is 2.17. The first-order valence-electron chi connectivity index (χ1n) is 3.83. The molecule has 1 atom stereocenters. The van der Waals surface area contributed by atoms with E-state index in [9.17, 15) is 0 Å². The fourth-order valence-electron chi connectivity index (χ4n) is 1.45. The van der Waals surface area contributed by atoms with Crippen LogP contribution in [-0.4, -0.2) is 24.5 Å². The molecule has 0 aromatic rings. The van der Waals surface area contributed by atoms with E-state index in [1.54, 1.807) is 0 Å². The van der Waals surface area contributed by atoms with Crippen LogP contribution in [-0.2, 0) is 0 Å². The molecule has 1 saturated heterocycles. The highest BCUT2D eigenvalue weighted by atomic mass is 15.1. The van der Waals surface area contributed by atoms with E-state index in [1.807, 2.05) is 0 Å². The lowest BCUT2D eigenvalue weighted by molar-refractivity contribution is 0.364. The van der Waals surface area contributed by atoms with Crippen LogP contribution in [0.4, 0.5) is 0 Å². The van der Waals surface area contributed by atoms with Gasteiger partial charge in [-0.25, -0.2) is 0 Å². The number of hydrogen-bond acceptors (Lipinski definition) is 3. The molecule has 1 heterocycles. The maximum absolute atomic E-state index is 8.41. The Hall–Kier alpha value is -1.06. The highest BCUT2D eigenvalue weighted by Gasteiger charge is 2.21. The lowest BCUT2D eigenvalue weighted by Gasteiger charge is -2.08. The molecule has 0 aliphatic carbocycles. The normalized spacial score (nSPS) is 24.4. The molecule has 58 valence electrons. The average molecular weight is 149 g/mol. The average Bonchev–Trinajstić information content (AvgIpc) is 2.38. The molecule has 3 heteroatoms. The van der Waals surface area contributed by atoms with Crippen LogP contribution in [0.5, 0.6) is 0 Å². The van der Waals surface area contributed by atoms with Crippen LogP contribution in [0.25, 0.3) is 0 Å². The van der Waals surface area contributed by atoms with Gasteiger partial charge in [0.2, 0.25) is 0 Å². The zero-order valence-electron chi connectivity index (χ0n) is 6.45. The van der Waals surface area contributed by atoms with Crippen LogP contribution >= 0.6 is 0 Å². The molecular weight excluding hydrogens is 138 g/mol. The predicted octanol–water partition coefficient (Wildman–Crippen LogP) is 0.746. The van der Waals surface area contributed by atoms with Crippen LogP contribution in [0.1, 0.15) is 12.8 Å². The molecule has 0 radical (unpaired) electrons. The summed E-state index contributed by atoms with van der Waals surface area (Å²) < 4.78 is 0. The van der Waals surface area contributed by atoms with Gasteiger partial charge in [0.1, 0.15) is 0 Å². The largest absolute Gasteiger partial charge is 0.290 e. The molecule has 0 amide bonds. The van der Waals surface area contributed by atoms with Crippen molar-refractivity contribution < 1.29 is 0 Å². The van der Waals surface area contributed by atoms with Gasteiger partial charge in [-0.3, -0.25) is 4.90 Å². The third kappa shape index (κ3) is 2.22. The van der Waals surface area contributed by atoms with E-state index in [1.165, 1.54) is 0 Å². The van der Waals surface area contributed by atoms with E-state index >= 15 is 0 Å². The van der Waals surface area contributed by atoms with Gasteiger partial charge in [0.25, 0.3) is 0 Å². The lowest BCUT2D eigenvalue weighted by Crippen LogP contribution is -2.20. The van der Waals surface area contributed by atoms with Crippen molar-refractivity contribution in [3.8, 4) is 12.1 Å². The molecule has 11 heavy (non-hydrogen) atoms. The van der Waals surface area contributed by atoms with Gasteiger partial charge in [0, 0.05) is 13.0 Å². The van der Waals surface area contributed by atoms with Crippen molar-refractivity contribution in [1.29, 1.82) is 10.5 Å². The summed E-state index contributed by atoms with van der Waals surface area (Å²) >= 11 is 0. The lowest BCUT2D eigenvalue weighted by atomic mass is 10.1. The van der Waals surface area contributed by atoms with E-state index in [0.29, 0.717) is 18.9 Å². The maximum atomic E-state index is 8.41. The molecule has 0 saturated carbocycles. The van der Waals surface area contributed by atoms with Crippen LogP contribution < -0.4 is 0 Å². The second-order valence-corrected chi connectivity index (χ2v) is 2.91. The summed E-state index contributed by atoms with van der Waals surface area (Å²) in [6, 6.07) is 4.28. The van der Waals surface area contributed by atoms with Gasteiger partial charge < -0.3 is 0 Å². The van der Waals surface area contributed by atoms with Gasteiger partial charge in [0.15, 0.2) is 0 Å². The minimum absolute atomic E-state index is 0.508. The molecule has 1 unspecified atom stereocenters. The Kier molecular flexibility index (Phi) is 2.89. The Bertz CT molecular complexity index is 176. The minimum Gasteiger partial charge on any atom is -0.290 e. The standard InChI is InChI=1S/C8H11N3/c9-3-1-8-2-5-11(7-8)6-4-10/h8H,1-2,5-7H2. The van der Waals surface area contributed by atoms with Gasteiger partial charge in [-0.15, -0.1) is 0 Å². The summed E-state index contributed by atoms with van der Waals surface area (Å²) in [5.41, 5.74) is 0. The second-order valence-electron chi connectivity index (χ2n) is 2.91. The molecule has 0 aromatic heterocycles. The third-order valence-corrected chi connectivity index (χ3v) is 2.04. The fraction of sp³-hybridized carbons (Fsp3) is 0.750. The smallest absolute Gasteiger partial charge is 0.0866 e. The van der Waals surface area contributed by atoms with Crippen LogP contribution in [0.3, 0.4) is 0 Å². The van der Waals surface area contributed by atoms with Crippen molar-refractivity contribution in [2.24, 2.45) is 5.92 Å². The van der Waals surface area contributed by atoms with E-state index < -0.39 is 0 Å². The molecule has 1 rings (SSSR count). The van der Waals surface area contributed by atoms with E-state index in [2.05, 4.69) is 17.0 Å². The van der Waals surface area contributed by atoms with Crippen molar-refractivity contribution in [3.05, 3.63) is 0 Å². The minimum atomic E-state index is 0.508. The van der Waals surface area contributed by atoms with E-state index in [4.69, 9.17) is 10.5 Å². The summed E-state index contributed by atoms with van der Waals surface area (Å²) in [6.07, 6.45) is 1.72. The number of rotatable bonds is 2. The number of likely N-dealkylation sites (tertiary alicyclic amines) is 1. The van der Waals surface area contributed by atoms with Gasteiger partial charge in [0.05, 0.1) is 18.7 Å². The summed E-state index contributed by atoms with van der Waals surface area (Å²) in [5, 5.41) is 16.8. The Balaban J connectivity index is 2.25. The quantitative estimate of drug-likeness (QED) is 0.544. The van der Waals surface area contributed by atoms with Crippen molar-refractivity contribution in [1.82, 2.24) is 4.90 Å². The fourth-order valence-corrected chi connectivity index (χ4v) is 1.45. The Morgan fingerprint density at radius 1 is 1.36 bits per heavy atom. The van der Waals surface area contributed by atoms with Crippen molar-refractivity contribution in [2.45, 2.75) is 12.8 Å². The Morgan fingerprint density at radius 3 is 2.82 bits per heavy atom. The van der Waals surface area contributed by atoms with Crippen LogP contribution in [0, 0.1) is 28.6 Å². The first-order chi connectivity index (χ1) is 5.36.